The van der Waals surface area contributed by atoms with Crippen LogP contribution in [0.25, 0.3) is 0 Å². The van der Waals surface area contributed by atoms with Gasteiger partial charge in [-0.1, -0.05) is 38.1 Å². The Morgan fingerprint density at radius 3 is 2.57 bits per heavy atom. The van der Waals surface area contributed by atoms with Crippen molar-refractivity contribution in [2.75, 3.05) is 26.2 Å². The molecule has 0 radical (unpaired) electrons. The number of nitrogens with zero attached hydrogens (tertiary/aromatic N) is 1. The smallest absolute Gasteiger partial charge is 0.0674 e. The molecule has 0 spiro atoms. The summed E-state index contributed by atoms with van der Waals surface area (Å²) in [6, 6.07) is 9.69. The van der Waals surface area contributed by atoms with Gasteiger partial charge in [0.05, 0.1) is 12.7 Å². The first-order valence-corrected chi connectivity index (χ1v) is 8.37. The SMILES string of the molecule is CCNCCc1ccc(CN2CC(C)OCC2CC)cc1. The van der Waals surface area contributed by atoms with E-state index in [1.807, 2.05) is 0 Å². The van der Waals surface area contributed by atoms with Gasteiger partial charge in [-0.3, -0.25) is 4.90 Å². The van der Waals surface area contributed by atoms with Gasteiger partial charge in [-0.05, 0) is 44.0 Å². The van der Waals surface area contributed by atoms with Crippen LogP contribution in [0.4, 0.5) is 0 Å². The number of hydrogen-bond donors (Lipinski definition) is 1. The van der Waals surface area contributed by atoms with Crippen LogP contribution >= 0.6 is 0 Å². The van der Waals surface area contributed by atoms with Crippen LogP contribution in [0.15, 0.2) is 24.3 Å². The Morgan fingerprint density at radius 1 is 1.19 bits per heavy atom. The van der Waals surface area contributed by atoms with Crippen molar-refractivity contribution in [2.45, 2.75) is 52.3 Å². The van der Waals surface area contributed by atoms with Crippen molar-refractivity contribution < 1.29 is 4.74 Å². The Kier molecular flexibility index (Phi) is 6.68. The highest BCUT2D eigenvalue weighted by Crippen LogP contribution is 2.18. The molecule has 0 saturated carbocycles. The lowest BCUT2D eigenvalue weighted by Crippen LogP contribution is -2.47. The predicted molar refractivity (Wildman–Crippen MR) is 88.6 cm³/mol. The van der Waals surface area contributed by atoms with Crippen LogP contribution in [-0.4, -0.2) is 43.3 Å². The van der Waals surface area contributed by atoms with E-state index in [4.69, 9.17) is 4.74 Å². The van der Waals surface area contributed by atoms with E-state index in [2.05, 4.69) is 55.3 Å². The summed E-state index contributed by atoms with van der Waals surface area (Å²) >= 11 is 0. The van der Waals surface area contributed by atoms with E-state index >= 15 is 0 Å². The summed E-state index contributed by atoms with van der Waals surface area (Å²) in [5.74, 6) is 0. The molecule has 1 aromatic carbocycles. The molecule has 2 atom stereocenters. The summed E-state index contributed by atoms with van der Waals surface area (Å²) in [5, 5.41) is 3.37. The lowest BCUT2D eigenvalue weighted by Gasteiger charge is -2.38. The highest BCUT2D eigenvalue weighted by atomic mass is 16.5. The summed E-state index contributed by atoms with van der Waals surface area (Å²) in [6.07, 6.45) is 2.63. The molecule has 0 aliphatic carbocycles. The van der Waals surface area contributed by atoms with Crippen LogP contribution in [0.5, 0.6) is 0 Å². The van der Waals surface area contributed by atoms with Gasteiger partial charge in [0.2, 0.25) is 0 Å². The average molecular weight is 290 g/mol. The molecule has 1 fully saturated rings. The first-order valence-electron chi connectivity index (χ1n) is 8.37. The highest BCUT2D eigenvalue weighted by molar-refractivity contribution is 5.23. The summed E-state index contributed by atoms with van der Waals surface area (Å²) < 4.78 is 5.77. The summed E-state index contributed by atoms with van der Waals surface area (Å²) in [7, 11) is 0. The lowest BCUT2D eigenvalue weighted by molar-refractivity contribution is -0.0592. The third-order valence-electron chi connectivity index (χ3n) is 4.30. The first kappa shape index (κ1) is 16.5. The topological polar surface area (TPSA) is 24.5 Å². The number of hydrogen-bond acceptors (Lipinski definition) is 3. The maximum absolute atomic E-state index is 5.77. The van der Waals surface area contributed by atoms with E-state index < -0.39 is 0 Å². The molecule has 118 valence electrons. The van der Waals surface area contributed by atoms with Crippen LogP contribution < -0.4 is 5.32 Å². The fraction of sp³-hybridized carbons (Fsp3) is 0.667. The molecule has 1 heterocycles. The van der Waals surface area contributed by atoms with Crippen LogP contribution in [0.3, 0.4) is 0 Å². The van der Waals surface area contributed by atoms with E-state index in [1.165, 1.54) is 11.1 Å². The summed E-state index contributed by atoms with van der Waals surface area (Å²) in [4.78, 5) is 2.57. The number of likely N-dealkylation sites (N-methyl/N-ethyl adjacent to an activating group) is 1. The largest absolute Gasteiger partial charge is 0.376 e. The minimum Gasteiger partial charge on any atom is -0.376 e. The van der Waals surface area contributed by atoms with Gasteiger partial charge in [0.15, 0.2) is 0 Å². The van der Waals surface area contributed by atoms with Gasteiger partial charge in [0, 0.05) is 19.1 Å². The number of ether oxygens (including phenoxy) is 1. The molecule has 3 heteroatoms. The zero-order chi connectivity index (χ0) is 15.1. The minimum atomic E-state index is 0.354. The Bertz CT molecular complexity index is 404. The van der Waals surface area contributed by atoms with Crippen LogP contribution in [0, 0.1) is 0 Å². The maximum atomic E-state index is 5.77. The second-order valence-electron chi connectivity index (χ2n) is 6.06. The number of rotatable bonds is 7. The van der Waals surface area contributed by atoms with Gasteiger partial charge in [0.25, 0.3) is 0 Å². The number of nitrogens with one attached hydrogen (secondary N) is 1. The van der Waals surface area contributed by atoms with E-state index in [1.54, 1.807) is 0 Å². The third-order valence-corrected chi connectivity index (χ3v) is 4.30. The number of morpholine rings is 1. The molecule has 0 aromatic heterocycles. The zero-order valence-corrected chi connectivity index (χ0v) is 13.8. The molecule has 2 rings (SSSR count). The molecular weight excluding hydrogens is 260 g/mol. The quantitative estimate of drug-likeness (QED) is 0.782. The monoisotopic (exact) mass is 290 g/mol. The Balaban J connectivity index is 1.89. The van der Waals surface area contributed by atoms with Crippen LogP contribution in [-0.2, 0) is 17.7 Å². The molecule has 1 N–H and O–H groups in total. The molecule has 1 aliphatic heterocycles. The fourth-order valence-corrected chi connectivity index (χ4v) is 2.94. The molecule has 0 bridgehead atoms. The summed E-state index contributed by atoms with van der Waals surface area (Å²) in [5.41, 5.74) is 2.83. The average Bonchev–Trinajstić information content (AvgIpc) is 2.50. The standard InChI is InChI=1S/C18H30N2O/c1-4-18-14-21-15(3)12-20(18)13-17-8-6-16(7-9-17)10-11-19-5-2/h6-9,15,18-19H,4-5,10-14H2,1-3H3. The second-order valence-corrected chi connectivity index (χ2v) is 6.06. The molecule has 21 heavy (non-hydrogen) atoms. The molecule has 3 nitrogen and oxygen atoms in total. The van der Waals surface area contributed by atoms with E-state index in [9.17, 15) is 0 Å². The van der Waals surface area contributed by atoms with Crippen molar-refractivity contribution in [2.24, 2.45) is 0 Å². The van der Waals surface area contributed by atoms with Gasteiger partial charge >= 0.3 is 0 Å². The lowest BCUT2D eigenvalue weighted by atomic mass is 10.1. The molecule has 0 amide bonds. The maximum Gasteiger partial charge on any atom is 0.0674 e. The van der Waals surface area contributed by atoms with Crippen LogP contribution in [0.2, 0.25) is 0 Å². The normalized spacial score (nSPS) is 23.4. The zero-order valence-electron chi connectivity index (χ0n) is 13.8. The predicted octanol–water partition coefficient (Wildman–Crippen LogP) is 2.84. The van der Waals surface area contributed by atoms with Crippen molar-refractivity contribution in [1.82, 2.24) is 10.2 Å². The van der Waals surface area contributed by atoms with Gasteiger partial charge < -0.3 is 10.1 Å². The molecule has 1 saturated heterocycles. The van der Waals surface area contributed by atoms with E-state index in [0.29, 0.717) is 12.1 Å². The van der Waals surface area contributed by atoms with E-state index in [-0.39, 0.29) is 0 Å². The highest BCUT2D eigenvalue weighted by Gasteiger charge is 2.25. The molecular formula is C18H30N2O. The van der Waals surface area contributed by atoms with Gasteiger partial charge in [-0.15, -0.1) is 0 Å². The molecule has 2 unspecified atom stereocenters. The van der Waals surface area contributed by atoms with E-state index in [0.717, 1.165) is 45.6 Å². The Morgan fingerprint density at radius 2 is 1.90 bits per heavy atom. The fourth-order valence-electron chi connectivity index (χ4n) is 2.94. The molecule has 1 aromatic rings. The van der Waals surface area contributed by atoms with Crippen molar-refractivity contribution in [1.29, 1.82) is 0 Å². The summed E-state index contributed by atoms with van der Waals surface area (Å²) in [6.45, 7) is 11.6. The minimum absolute atomic E-state index is 0.354. The number of benzene rings is 1. The van der Waals surface area contributed by atoms with Gasteiger partial charge in [0.1, 0.15) is 0 Å². The van der Waals surface area contributed by atoms with Crippen molar-refractivity contribution >= 4 is 0 Å². The Labute approximate surface area is 129 Å². The van der Waals surface area contributed by atoms with Gasteiger partial charge in [-0.2, -0.15) is 0 Å². The van der Waals surface area contributed by atoms with Gasteiger partial charge in [-0.25, -0.2) is 0 Å². The van der Waals surface area contributed by atoms with Crippen LogP contribution in [0.1, 0.15) is 38.3 Å². The molecule has 1 aliphatic rings. The van der Waals surface area contributed by atoms with Crippen molar-refractivity contribution in [3.8, 4) is 0 Å². The van der Waals surface area contributed by atoms with Crippen molar-refractivity contribution in [3.63, 3.8) is 0 Å². The third kappa shape index (κ3) is 5.10. The van der Waals surface area contributed by atoms with Crippen molar-refractivity contribution in [3.05, 3.63) is 35.4 Å². The first-order chi connectivity index (χ1) is 10.2. The second kappa shape index (κ2) is 8.52. The Hall–Kier alpha value is -0.900.